The van der Waals surface area contributed by atoms with E-state index in [4.69, 9.17) is 0 Å². The Morgan fingerprint density at radius 1 is 1.69 bits per heavy atom. The molecule has 0 bridgehead atoms. The van der Waals surface area contributed by atoms with Gasteiger partial charge in [-0.05, 0) is 19.8 Å². The van der Waals surface area contributed by atoms with Gasteiger partial charge in [0.1, 0.15) is 0 Å². The number of hydrogen-bond donors (Lipinski definition) is 1. The number of aryl methyl sites for hydroxylation is 1. The van der Waals surface area contributed by atoms with Gasteiger partial charge < -0.3 is 5.32 Å². The van der Waals surface area contributed by atoms with Crippen LogP contribution in [0.15, 0.2) is 5.38 Å². The Kier molecular flexibility index (Phi) is 2.65. The highest BCUT2D eigenvalue weighted by Gasteiger charge is 2.23. The van der Waals surface area contributed by atoms with Crippen molar-refractivity contribution in [2.45, 2.75) is 38.6 Å². The minimum absolute atomic E-state index is 0.659. The highest BCUT2D eigenvalue weighted by Crippen LogP contribution is 2.26. The lowest BCUT2D eigenvalue weighted by Crippen LogP contribution is -2.16. The Labute approximate surface area is 83.4 Å². The van der Waals surface area contributed by atoms with Crippen molar-refractivity contribution in [3.05, 3.63) is 16.1 Å². The lowest BCUT2D eigenvalue weighted by molar-refractivity contribution is 0.656. The van der Waals surface area contributed by atoms with Gasteiger partial charge in [0.05, 0.1) is 10.7 Å². The third-order valence-corrected chi connectivity index (χ3v) is 3.65. The summed E-state index contributed by atoms with van der Waals surface area (Å²) < 4.78 is 0. The van der Waals surface area contributed by atoms with Crippen molar-refractivity contribution >= 4 is 11.3 Å². The molecule has 1 fully saturated rings. The number of hydrogen-bond acceptors (Lipinski definition) is 3. The molecule has 72 valence electrons. The fraction of sp³-hybridized carbons (Fsp3) is 0.700. The third kappa shape index (κ3) is 1.92. The molecule has 2 heterocycles. The maximum Gasteiger partial charge on any atom is 0.0925 e. The summed E-state index contributed by atoms with van der Waals surface area (Å²) in [5.41, 5.74) is 1.30. The largest absolute Gasteiger partial charge is 0.314 e. The summed E-state index contributed by atoms with van der Waals surface area (Å²) in [6, 6.07) is 0.664. The second kappa shape index (κ2) is 3.76. The van der Waals surface area contributed by atoms with Gasteiger partial charge >= 0.3 is 0 Å². The van der Waals surface area contributed by atoms with Crippen LogP contribution in [0.3, 0.4) is 0 Å². The zero-order valence-corrected chi connectivity index (χ0v) is 9.03. The van der Waals surface area contributed by atoms with Gasteiger partial charge in [-0.15, -0.1) is 11.3 Å². The monoisotopic (exact) mass is 196 g/mol. The maximum atomic E-state index is 4.62. The Bertz CT molecular complexity index is 282. The molecule has 2 atom stereocenters. The average molecular weight is 196 g/mol. The lowest BCUT2D eigenvalue weighted by Gasteiger charge is -2.02. The van der Waals surface area contributed by atoms with E-state index in [1.54, 1.807) is 11.3 Å². The van der Waals surface area contributed by atoms with Crippen LogP contribution in [0.5, 0.6) is 0 Å². The van der Waals surface area contributed by atoms with E-state index < -0.39 is 0 Å². The van der Waals surface area contributed by atoms with Crippen molar-refractivity contribution < 1.29 is 0 Å². The minimum atomic E-state index is 0.659. The van der Waals surface area contributed by atoms with Crippen LogP contribution in [-0.4, -0.2) is 17.6 Å². The van der Waals surface area contributed by atoms with Crippen molar-refractivity contribution in [2.24, 2.45) is 0 Å². The van der Waals surface area contributed by atoms with Crippen LogP contribution in [0, 0.1) is 0 Å². The topological polar surface area (TPSA) is 24.9 Å². The first-order chi connectivity index (χ1) is 6.29. The number of rotatable bonds is 2. The average Bonchev–Trinajstić information content (AvgIpc) is 2.71. The fourth-order valence-electron chi connectivity index (χ4n) is 1.84. The predicted octanol–water partition coefficient (Wildman–Crippen LogP) is 2.17. The first kappa shape index (κ1) is 9.16. The van der Waals surface area contributed by atoms with Crippen molar-refractivity contribution in [3.63, 3.8) is 0 Å². The molecule has 0 amide bonds. The predicted molar refractivity (Wildman–Crippen MR) is 56.3 cm³/mol. The molecule has 1 aromatic heterocycles. The molecular weight excluding hydrogens is 180 g/mol. The van der Waals surface area contributed by atoms with Crippen LogP contribution in [-0.2, 0) is 6.42 Å². The van der Waals surface area contributed by atoms with E-state index in [1.807, 2.05) is 0 Å². The van der Waals surface area contributed by atoms with Crippen LogP contribution in [0.4, 0.5) is 0 Å². The molecule has 1 aliphatic heterocycles. The number of nitrogens with zero attached hydrogens (tertiary/aromatic N) is 1. The summed E-state index contributed by atoms with van der Waals surface area (Å²) in [5, 5.41) is 6.96. The van der Waals surface area contributed by atoms with E-state index in [0.717, 1.165) is 13.0 Å². The molecule has 2 rings (SSSR count). The second-order valence-electron chi connectivity index (χ2n) is 3.76. The fourth-order valence-corrected chi connectivity index (χ4v) is 2.66. The molecule has 1 aromatic rings. The van der Waals surface area contributed by atoms with Crippen LogP contribution >= 0.6 is 11.3 Å². The molecule has 3 heteroatoms. The van der Waals surface area contributed by atoms with Crippen molar-refractivity contribution in [1.82, 2.24) is 10.3 Å². The summed E-state index contributed by atoms with van der Waals surface area (Å²) in [6.07, 6.45) is 2.31. The Hall–Kier alpha value is -0.410. The van der Waals surface area contributed by atoms with Gasteiger partial charge in [0.2, 0.25) is 0 Å². The summed E-state index contributed by atoms with van der Waals surface area (Å²) in [6.45, 7) is 5.51. The smallest absolute Gasteiger partial charge is 0.0925 e. The van der Waals surface area contributed by atoms with Gasteiger partial charge in [-0.1, -0.05) is 6.92 Å². The van der Waals surface area contributed by atoms with E-state index >= 15 is 0 Å². The normalized spacial score (nSPS) is 28.2. The highest BCUT2D eigenvalue weighted by atomic mass is 32.1. The Morgan fingerprint density at radius 2 is 2.54 bits per heavy atom. The van der Waals surface area contributed by atoms with Gasteiger partial charge in [-0.25, -0.2) is 4.98 Å². The molecule has 0 aromatic carbocycles. The van der Waals surface area contributed by atoms with E-state index in [-0.39, 0.29) is 0 Å². The molecular formula is C10H16N2S. The van der Waals surface area contributed by atoms with Crippen LogP contribution in [0.1, 0.15) is 36.9 Å². The second-order valence-corrected chi connectivity index (χ2v) is 4.70. The van der Waals surface area contributed by atoms with E-state index in [1.165, 1.54) is 17.1 Å². The van der Waals surface area contributed by atoms with Crippen LogP contribution in [0.2, 0.25) is 0 Å². The molecule has 0 saturated carbocycles. The quantitative estimate of drug-likeness (QED) is 0.784. The summed E-state index contributed by atoms with van der Waals surface area (Å²) in [7, 11) is 0. The SMILES string of the molecule is CCc1nc(C2CNC(C)C2)cs1. The van der Waals surface area contributed by atoms with Crippen LogP contribution in [0.25, 0.3) is 0 Å². The molecule has 2 nitrogen and oxygen atoms in total. The molecule has 1 N–H and O–H groups in total. The van der Waals surface area contributed by atoms with Gasteiger partial charge in [-0.2, -0.15) is 0 Å². The summed E-state index contributed by atoms with van der Waals surface area (Å²) in [4.78, 5) is 4.62. The van der Waals surface area contributed by atoms with Gasteiger partial charge in [0.15, 0.2) is 0 Å². The van der Waals surface area contributed by atoms with Gasteiger partial charge in [0.25, 0.3) is 0 Å². The van der Waals surface area contributed by atoms with E-state index in [0.29, 0.717) is 12.0 Å². The van der Waals surface area contributed by atoms with E-state index in [9.17, 15) is 0 Å². The summed E-state index contributed by atoms with van der Waals surface area (Å²) in [5.74, 6) is 0.659. The molecule has 2 unspecified atom stereocenters. The Morgan fingerprint density at radius 3 is 3.08 bits per heavy atom. The summed E-state index contributed by atoms with van der Waals surface area (Å²) >= 11 is 1.80. The number of nitrogens with one attached hydrogen (secondary N) is 1. The first-order valence-corrected chi connectivity index (χ1v) is 5.85. The van der Waals surface area contributed by atoms with Gasteiger partial charge in [0, 0.05) is 23.9 Å². The lowest BCUT2D eigenvalue weighted by atomic mass is 10.0. The third-order valence-electron chi connectivity index (χ3n) is 2.64. The molecule has 13 heavy (non-hydrogen) atoms. The van der Waals surface area contributed by atoms with Crippen molar-refractivity contribution in [1.29, 1.82) is 0 Å². The van der Waals surface area contributed by atoms with Crippen LogP contribution < -0.4 is 5.32 Å². The maximum absolute atomic E-state index is 4.62. The molecule has 1 saturated heterocycles. The zero-order valence-electron chi connectivity index (χ0n) is 8.21. The highest BCUT2D eigenvalue weighted by molar-refractivity contribution is 7.09. The molecule has 0 aliphatic carbocycles. The molecule has 0 spiro atoms. The van der Waals surface area contributed by atoms with Crippen molar-refractivity contribution in [3.8, 4) is 0 Å². The molecule has 1 aliphatic rings. The molecule has 0 radical (unpaired) electrons. The number of thiazole rings is 1. The van der Waals surface area contributed by atoms with E-state index in [2.05, 4.69) is 29.5 Å². The van der Waals surface area contributed by atoms with Crippen molar-refractivity contribution in [2.75, 3.05) is 6.54 Å². The standard InChI is InChI=1S/C10H16N2S/c1-3-10-12-9(6-13-10)8-4-7(2)11-5-8/h6-8,11H,3-5H2,1-2H3. The zero-order chi connectivity index (χ0) is 9.26. The Balaban J connectivity index is 2.08. The first-order valence-electron chi connectivity index (χ1n) is 4.97. The minimum Gasteiger partial charge on any atom is -0.314 e. The number of aromatic nitrogens is 1. The van der Waals surface area contributed by atoms with Gasteiger partial charge in [-0.3, -0.25) is 0 Å².